The molecule has 0 saturated heterocycles. The molecule has 0 radical (unpaired) electrons. The number of aryl methyl sites for hydroxylation is 3. The molecule has 3 aromatic rings. The van der Waals surface area contributed by atoms with Crippen LogP contribution < -0.4 is 4.90 Å². The zero-order valence-corrected chi connectivity index (χ0v) is 20.3. The molecule has 0 fully saturated rings. The fraction of sp³-hybridized carbons (Fsp3) is 0.375. The molecule has 0 aliphatic rings. The van der Waals surface area contributed by atoms with Crippen LogP contribution in [-0.2, 0) is 22.4 Å². The minimum Gasteiger partial charge on any atom is -0.480 e. The molecule has 0 unspecified atom stereocenters. The molecule has 2 aromatic heterocycles. The number of nitrogens with zero attached hydrogens (tertiary/aromatic N) is 3. The number of benzene rings is 1. The van der Waals surface area contributed by atoms with Crippen molar-refractivity contribution in [3.63, 3.8) is 0 Å². The van der Waals surface area contributed by atoms with Gasteiger partial charge in [0.25, 0.3) is 0 Å². The van der Waals surface area contributed by atoms with Crippen molar-refractivity contribution in [3.8, 4) is 5.69 Å². The summed E-state index contributed by atoms with van der Waals surface area (Å²) >= 11 is 7.92. The second-order valence-electron chi connectivity index (χ2n) is 7.79. The average Bonchev–Trinajstić information content (AvgIpc) is 3.30. The first-order chi connectivity index (χ1) is 15.2. The van der Waals surface area contributed by atoms with Crippen molar-refractivity contribution in [2.75, 3.05) is 4.90 Å². The number of carbonyl (C=O) groups is 2. The Labute approximate surface area is 197 Å². The molecule has 170 valence electrons. The predicted octanol–water partition coefficient (Wildman–Crippen LogP) is 5.60. The van der Waals surface area contributed by atoms with E-state index in [1.165, 1.54) is 23.2 Å². The first kappa shape index (κ1) is 24.0. The highest BCUT2D eigenvalue weighted by atomic mass is 35.5. The maximum absolute atomic E-state index is 13.5. The minimum absolute atomic E-state index is 0.0186. The number of imidazole rings is 1. The molecule has 1 aromatic carbocycles. The summed E-state index contributed by atoms with van der Waals surface area (Å²) in [6.07, 6.45) is 2.76. The number of aromatic nitrogens is 2. The number of carboxylic acid groups (broad SMARTS) is 1. The summed E-state index contributed by atoms with van der Waals surface area (Å²) in [7, 11) is 0. The molecule has 0 bridgehead atoms. The second kappa shape index (κ2) is 10.3. The predicted molar refractivity (Wildman–Crippen MR) is 129 cm³/mol. The van der Waals surface area contributed by atoms with Gasteiger partial charge in [-0.05, 0) is 51.5 Å². The number of hydrogen-bond donors (Lipinski definition) is 1. The summed E-state index contributed by atoms with van der Waals surface area (Å²) in [5, 5.41) is 10.8. The molecule has 2 heterocycles. The van der Waals surface area contributed by atoms with Gasteiger partial charge in [-0.15, -0.1) is 11.3 Å². The zero-order valence-electron chi connectivity index (χ0n) is 18.8. The molecule has 1 N–H and O–H groups in total. The fourth-order valence-electron chi connectivity index (χ4n) is 3.67. The van der Waals surface area contributed by atoms with E-state index in [1.807, 2.05) is 48.7 Å². The van der Waals surface area contributed by atoms with Crippen molar-refractivity contribution in [1.29, 1.82) is 0 Å². The molecule has 3 rings (SSSR count). The highest BCUT2D eigenvalue weighted by molar-refractivity contribution is 7.16. The number of carboxylic acids is 1. The van der Waals surface area contributed by atoms with Gasteiger partial charge >= 0.3 is 5.97 Å². The largest absolute Gasteiger partial charge is 0.480 e. The number of amides is 1. The van der Waals surface area contributed by atoms with Gasteiger partial charge in [0.1, 0.15) is 11.9 Å². The summed E-state index contributed by atoms with van der Waals surface area (Å²) in [6.45, 7) is 7.46. The van der Waals surface area contributed by atoms with E-state index >= 15 is 0 Å². The highest BCUT2D eigenvalue weighted by Gasteiger charge is 2.30. The summed E-state index contributed by atoms with van der Waals surface area (Å²) in [4.78, 5) is 32.4. The van der Waals surface area contributed by atoms with Crippen molar-refractivity contribution in [1.82, 2.24) is 9.55 Å². The lowest BCUT2D eigenvalue weighted by molar-refractivity contribution is -0.139. The van der Waals surface area contributed by atoms with Crippen LogP contribution >= 0.6 is 22.9 Å². The van der Waals surface area contributed by atoms with Crippen molar-refractivity contribution < 1.29 is 14.7 Å². The number of para-hydroxylation sites is 1. The van der Waals surface area contributed by atoms with E-state index in [-0.39, 0.29) is 12.3 Å². The Kier molecular flexibility index (Phi) is 7.74. The number of halogens is 1. The lowest BCUT2D eigenvalue weighted by Crippen LogP contribution is -2.44. The molecule has 8 heteroatoms. The van der Waals surface area contributed by atoms with Crippen molar-refractivity contribution in [2.45, 2.75) is 59.4 Å². The Morgan fingerprint density at radius 3 is 2.53 bits per heavy atom. The van der Waals surface area contributed by atoms with Crippen LogP contribution in [0.4, 0.5) is 5.00 Å². The summed E-state index contributed by atoms with van der Waals surface area (Å²) < 4.78 is 1.97. The molecule has 0 saturated carbocycles. The summed E-state index contributed by atoms with van der Waals surface area (Å²) in [6, 6.07) is 10.2. The topological polar surface area (TPSA) is 75.4 Å². The molecule has 6 nitrogen and oxygen atoms in total. The third-order valence-corrected chi connectivity index (χ3v) is 6.70. The molecular formula is C24H28ClN3O3S. The number of carbonyl (C=O) groups excluding carboxylic acids is 1. The molecule has 0 aliphatic carbocycles. The Bertz CT molecular complexity index is 1120. The number of aliphatic carboxylic acids is 1. The second-order valence-corrected chi connectivity index (χ2v) is 9.46. The van der Waals surface area contributed by atoms with Crippen LogP contribution in [0.2, 0.25) is 5.02 Å². The van der Waals surface area contributed by atoms with Crippen LogP contribution in [0.3, 0.4) is 0 Å². The van der Waals surface area contributed by atoms with Crippen LogP contribution in [0, 0.1) is 13.8 Å². The van der Waals surface area contributed by atoms with Crippen LogP contribution in [-0.4, -0.2) is 32.6 Å². The van der Waals surface area contributed by atoms with Crippen molar-refractivity contribution in [2.24, 2.45) is 0 Å². The normalized spacial score (nSPS) is 12.0. The quantitative estimate of drug-likeness (QED) is 0.439. The van der Waals surface area contributed by atoms with Crippen LogP contribution in [0.5, 0.6) is 0 Å². The van der Waals surface area contributed by atoms with Gasteiger partial charge < -0.3 is 5.11 Å². The maximum atomic E-state index is 13.5. The number of hydrogen-bond acceptors (Lipinski definition) is 4. The van der Waals surface area contributed by atoms with Crippen LogP contribution in [0.1, 0.15) is 48.8 Å². The van der Waals surface area contributed by atoms with Gasteiger partial charge in [0.2, 0.25) is 5.91 Å². The average molecular weight is 474 g/mol. The lowest BCUT2D eigenvalue weighted by atomic mass is 10.2. The molecule has 0 spiro atoms. The number of rotatable bonds is 9. The van der Waals surface area contributed by atoms with Gasteiger partial charge in [-0.3, -0.25) is 14.3 Å². The first-order valence-corrected chi connectivity index (χ1v) is 11.9. The van der Waals surface area contributed by atoms with Gasteiger partial charge in [-0.2, -0.15) is 0 Å². The smallest absolute Gasteiger partial charge is 0.326 e. The third kappa shape index (κ3) is 5.05. The molecule has 1 amide bonds. The van der Waals surface area contributed by atoms with Gasteiger partial charge in [0, 0.05) is 11.3 Å². The maximum Gasteiger partial charge on any atom is 0.326 e. The molecule has 1 atom stereocenters. The van der Waals surface area contributed by atoms with Crippen molar-refractivity contribution >= 4 is 39.8 Å². The van der Waals surface area contributed by atoms with E-state index in [0.29, 0.717) is 10.0 Å². The lowest BCUT2D eigenvalue weighted by Gasteiger charge is -2.25. The number of anilines is 1. The molecule has 32 heavy (non-hydrogen) atoms. The van der Waals surface area contributed by atoms with E-state index in [2.05, 4.69) is 6.92 Å². The number of unbranched alkanes of at least 4 members (excludes halogenated alkanes) is 1. The Morgan fingerprint density at radius 2 is 1.94 bits per heavy atom. The van der Waals surface area contributed by atoms with Crippen LogP contribution in [0.25, 0.3) is 5.69 Å². The van der Waals surface area contributed by atoms with Gasteiger partial charge in [-0.1, -0.05) is 37.1 Å². The Hall–Kier alpha value is -2.64. The van der Waals surface area contributed by atoms with E-state index in [1.54, 1.807) is 6.07 Å². The first-order valence-electron chi connectivity index (χ1n) is 10.7. The highest BCUT2D eigenvalue weighted by Crippen LogP contribution is 2.30. The zero-order chi connectivity index (χ0) is 23.4. The Balaban J connectivity index is 2.06. The standard InChI is InChI=1S/C24H28ClN3O3S/c1-5-6-11-21-26-16(3)20(28(21)19-10-8-7-9-18(19)25)14-22(29)27(17(4)24(30)31)23-13-12-15(2)32-23/h7-10,12-13,17H,5-6,11,14H2,1-4H3,(H,30,31)/t17-/m0/s1. The van der Waals surface area contributed by atoms with Crippen molar-refractivity contribution in [3.05, 3.63) is 63.5 Å². The minimum atomic E-state index is -1.05. The third-order valence-electron chi connectivity index (χ3n) is 5.39. The monoisotopic (exact) mass is 473 g/mol. The van der Waals surface area contributed by atoms with Gasteiger partial charge in [0.15, 0.2) is 0 Å². The molecule has 0 aliphatic heterocycles. The summed E-state index contributed by atoms with van der Waals surface area (Å²) in [5.74, 6) is -0.491. The Morgan fingerprint density at radius 1 is 1.22 bits per heavy atom. The van der Waals surface area contributed by atoms with Gasteiger partial charge in [0.05, 0.1) is 33.5 Å². The summed E-state index contributed by atoms with van der Waals surface area (Å²) in [5.41, 5.74) is 2.24. The van der Waals surface area contributed by atoms with E-state index in [4.69, 9.17) is 16.6 Å². The fourth-order valence-corrected chi connectivity index (χ4v) is 4.85. The van der Waals surface area contributed by atoms with E-state index in [0.717, 1.165) is 47.0 Å². The van der Waals surface area contributed by atoms with E-state index in [9.17, 15) is 14.7 Å². The van der Waals surface area contributed by atoms with Crippen LogP contribution in [0.15, 0.2) is 36.4 Å². The molecular weight excluding hydrogens is 446 g/mol. The van der Waals surface area contributed by atoms with Gasteiger partial charge in [-0.25, -0.2) is 9.78 Å². The number of thiophene rings is 1. The van der Waals surface area contributed by atoms with E-state index < -0.39 is 12.0 Å². The SMILES string of the molecule is CCCCc1nc(C)c(CC(=O)N(c2ccc(C)s2)[C@@H](C)C(=O)O)n1-c1ccccc1Cl.